The fourth-order valence-corrected chi connectivity index (χ4v) is 4.11. The summed E-state index contributed by atoms with van der Waals surface area (Å²) in [5.41, 5.74) is 9.02. The number of nitrogens with two attached hydrogens (primary N) is 1. The molecular formula is C17H20BrNS. The van der Waals surface area contributed by atoms with Crippen LogP contribution in [0.25, 0.3) is 0 Å². The van der Waals surface area contributed by atoms with E-state index in [2.05, 4.69) is 72.2 Å². The van der Waals surface area contributed by atoms with E-state index >= 15 is 0 Å². The first-order valence-electron chi connectivity index (χ1n) is 6.85. The molecule has 2 aromatic carbocycles. The number of rotatable bonds is 5. The van der Waals surface area contributed by atoms with Gasteiger partial charge in [0, 0.05) is 20.7 Å². The molecule has 0 aliphatic carbocycles. The molecule has 0 aromatic heterocycles. The third-order valence-corrected chi connectivity index (χ3v) is 5.87. The Morgan fingerprint density at radius 2 is 1.75 bits per heavy atom. The van der Waals surface area contributed by atoms with E-state index in [4.69, 9.17) is 5.73 Å². The van der Waals surface area contributed by atoms with E-state index in [1.54, 1.807) is 0 Å². The second-order valence-electron chi connectivity index (χ2n) is 4.90. The molecule has 1 nitrogen and oxygen atoms in total. The van der Waals surface area contributed by atoms with Crippen molar-refractivity contribution in [2.24, 2.45) is 5.73 Å². The van der Waals surface area contributed by atoms with Gasteiger partial charge in [0.2, 0.25) is 0 Å². The molecule has 2 N–H and O–H groups in total. The van der Waals surface area contributed by atoms with Gasteiger partial charge in [0.1, 0.15) is 0 Å². The normalized spacial score (nSPS) is 14.0. The fraction of sp³-hybridized carbons (Fsp3) is 0.294. The molecule has 20 heavy (non-hydrogen) atoms. The number of hydrogen-bond donors (Lipinski definition) is 1. The molecule has 2 rings (SSSR count). The van der Waals surface area contributed by atoms with Crippen LogP contribution in [0.3, 0.4) is 0 Å². The van der Waals surface area contributed by atoms with Crippen molar-refractivity contribution in [3.8, 4) is 0 Å². The number of halogens is 1. The molecule has 0 spiro atoms. The van der Waals surface area contributed by atoms with E-state index in [1.807, 2.05) is 17.8 Å². The summed E-state index contributed by atoms with van der Waals surface area (Å²) in [6.07, 6.45) is 0.969. The van der Waals surface area contributed by atoms with E-state index in [0.717, 1.165) is 10.9 Å². The van der Waals surface area contributed by atoms with Crippen LogP contribution in [0.1, 0.15) is 29.7 Å². The van der Waals surface area contributed by atoms with Gasteiger partial charge in [-0.15, -0.1) is 11.8 Å². The van der Waals surface area contributed by atoms with Gasteiger partial charge in [-0.2, -0.15) is 0 Å². The lowest BCUT2D eigenvalue weighted by molar-refractivity contribution is 0.632. The Labute approximate surface area is 134 Å². The highest BCUT2D eigenvalue weighted by molar-refractivity contribution is 9.10. The average Bonchev–Trinajstić information content (AvgIpc) is 2.47. The van der Waals surface area contributed by atoms with Crippen molar-refractivity contribution in [1.82, 2.24) is 0 Å². The molecule has 2 aromatic rings. The third-order valence-electron chi connectivity index (χ3n) is 3.45. The summed E-state index contributed by atoms with van der Waals surface area (Å²) in [5, 5.41) is 0.278. The van der Waals surface area contributed by atoms with Crippen molar-refractivity contribution in [1.29, 1.82) is 0 Å². The van der Waals surface area contributed by atoms with E-state index in [0.29, 0.717) is 0 Å². The highest BCUT2D eigenvalue weighted by Gasteiger charge is 2.22. The molecule has 2 atom stereocenters. The van der Waals surface area contributed by atoms with E-state index < -0.39 is 0 Å². The van der Waals surface area contributed by atoms with Gasteiger partial charge >= 0.3 is 0 Å². The molecule has 3 heteroatoms. The van der Waals surface area contributed by atoms with Crippen LogP contribution < -0.4 is 5.73 Å². The van der Waals surface area contributed by atoms with Crippen LogP contribution in [-0.4, -0.2) is 6.04 Å². The fourth-order valence-electron chi connectivity index (χ4n) is 2.18. The molecule has 0 aliphatic heterocycles. The lowest BCUT2D eigenvalue weighted by Gasteiger charge is -2.25. The molecule has 0 aliphatic rings. The van der Waals surface area contributed by atoms with Gasteiger partial charge in [-0.1, -0.05) is 43.3 Å². The number of aryl methyl sites for hydroxylation is 1. The van der Waals surface area contributed by atoms with Gasteiger partial charge in [-0.05, 0) is 52.5 Å². The van der Waals surface area contributed by atoms with Crippen LogP contribution in [0.15, 0.2) is 57.9 Å². The van der Waals surface area contributed by atoms with Crippen LogP contribution in [-0.2, 0) is 0 Å². The van der Waals surface area contributed by atoms with Gasteiger partial charge in [-0.25, -0.2) is 0 Å². The first-order valence-corrected chi connectivity index (χ1v) is 8.53. The van der Waals surface area contributed by atoms with Crippen molar-refractivity contribution in [2.45, 2.75) is 36.5 Å². The largest absolute Gasteiger partial charge is 0.326 e. The minimum atomic E-state index is 0.146. The van der Waals surface area contributed by atoms with E-state index in [-0.39, 0.29) is 11.3 Å². The Kier molecular flexibility index (Phi) is 5.70. The predicted molar refractivity (Wildman–Crippen MR) is 92.2 cm³/mol. The topological polar surface area (TPSA) is 26.0 Å². The Balaban J connectivity index is 2.35. The second kappa shape index (κ2) is 7.30. The number of thioether (sulfide) groups is 1. The summed E-state index contributed by atoms with van der Waals surface area (Å²) in [4.78, 5) is 1.24. The number of benzene rings is 2. The molecule has 0 radical (unpaired) electrons. The van der Waals surface area contributed by atoms with E-state index in [9.17, 15) is 0 Å². The molecule has 0 heterocycles. The highest BCUT2D eigenvalue weighted by Crippen LogP contribution is 2.41. The SMILES string of the molecule is CCC(N)C(Sc1ccccc1Br)c1ccccc1C. The monoisotopic (exact) mass is 349 g/mol. The van der Waals surface area contributed by atoms with Gasteiger partial charge in [0.25, 0.3) is 0 Å². The third kappa shape index (κ3) is 3.66. The van der Waals surface area contributed by atoms with Gasteiger partial charge in [-0.3, -0.25) is 0 Å². The first-order chi connectivity index (χ1) is 9.63. The lowest BCUT2D eigenvalue weighted by atomic mass is 10.00. The van der Waals surface area contributed by atoms with Crippen molar-refractivity contribution >= 4 is 27.7 Å². The Bertz CT molecular complexity index is 570. The summed E-state index contributed by atoms with van der Waals surface area (Å²) >= 11 is 5.47. The lowest BCUT2D eigenvalue weighted by Crippen LogP contribution is -2.26. The van der Waals surface area contributed by atoms with Gasteiger partial charge < -0.3 is 5.73 Å². The summed E-state index contributed by atoms with van der Waals surface area (Å²) < 4.78 is 1.13. The predicted octanol–water partition coefficient (Wildman–Crippen LogP) is 5.33. The summed E-state index contributed by atoms with van der Waals surface area (Å²) in [5.74, 6) is 0. The Morgan fingerprint density at radius 3 is 2.40 bits per heavy atom. The van der Waals surface area contributed by atoms with Crippen LogP contribution in [0.5, 0.6) is 0 Å². The van der Waals surface area contributed by atoms with Crippen LogP contribution >= 0.6 is 27.7 Å². The van der Waals surface area contributed by atoms with Gasteiger partial charge in [0.05, 0.1) is 0 Å². The minimum Gasteiger partial charge on any atom is -0.326 e. The van der Waals surface area contributed by atoms with Crippen LogP contribution in [0, 0.1) is 6.92 Å². The van der Waals surface area contributed by atoms with Crippen LogP contribution in [0.2, 0.25) is 0 Å². The van der Waals surface area contributed by atoms with Gasteiger partial charge in [0.15, 0.2) is 0 Å². The maximum atomic E-state index is 6.38. The molecule has 0 fully saturated rings. The Hall–Kier alpha value is -0.770. The van der Waals surface area contributed by atoms with Crippen molar-refractivity contribution in [3.63, 3.8) is 0 Å². The molecular weight excluding hydrogens is 330 g/mol. The summed E-state index contributed by atoms with van der Waals surface area (Å²) in [6.45, 7) is 4.31. The maximum absolute atomic E-state index is 6.38. The number of hydrogen-bond acceptors (Lipinski definition) is 2. The Morgan fingerprint density at radius 1 is 1.10 bits per heavy atom. The summed E-state index contributed by atoms with van der Waals surface area (Å²) in [6, 6.07) is 17.0. The molecule has 106 valence electrons. The molecule has 0 saturated heterocycles. The first kappa shape index (κ1) is 15.6. The second-order valence-corrected chi connectivity index (χ2v) is 6.94. The van der Waals surface area contributed by atoms with Crippen molar-refractivity contribution in [2.75, 3.05) is 0 Å². The van der Waals surface area contributed by atoms with Crippen molar-refractivity contribution in [3.05, 3.63) is 64.1 Å². The zero-order chi connectivity index (χ0) is 14.5. The smallest absolute Gasteiger partial charge is 0.0498 e. The van der Waals surface area contributed by atoms with E-state index in [1.165, 1.54) is 16.0 Å². The minimum absolute atomic E-state index is 0.146. The molecule has 0 saturated carbocycles. The molecule has 0 amide bonds. The zero-order valence-corrected chi connectivity index (χ0v) is 14.2. The molecule has 0 bridgehead atoms. The quantitative estimate of drug-likeness (QED) is 0.738. The highest BCUT2D eigenvalue weighted by atomic mass is 79.9. The zero-order valence-electron chi connectivity index (χ0n) is 11.8. The maximum Gasteiger partial charge on any atom is 0.0498 e. The average molecular weight is 350 g/mol. The standard InChI is InChI=1S/C17H20BrNS/c1-3-15(19)17(13-9-5-4-8-12(13)2)20-16-11-7-6-10-14(16)18/h4-11,15,17H,3,19H2,1-2H3. The van der Waals surface area contributed by atoms with Crippen LogP contribution in [0.4, 0.5) is 0 Å². The summed E-state index contributed by atoms with van der Waals surface area (Å²) in [7, 11) is 0. The van der Waals surface area contributed by atoms with Crippen molar-refractivity contribution < 1.29 is 0 Å². The molecule has 2 unspecified atom stereocenters.